The molecule has 3 rings (SSSR count). The van der Waals surface area contributed by atoms with Crippen molar-refractivity contribution in [2.75, 3.05) is 6.54 Å². The van der Waals surface area contributed by atoms with E-state index in [1.165, 1.54) is 12.1 Å². The molecule has 1 aromatic carbocycles. The second-order valence-electron chi connectivity index (χ2n) is 4.54. The van der Waals surface area contributed by atoms with E-state index in [9.17, 15) is 4.39 Å². The first-order valence-corrected chi connectivity index (χ1v) is 6.38. The highest BCUT2D eigenvalue weighted by atomic mass is 19.1. The van der Waals surface area contributed by atoms with E-state index in [0.29, 0.717) is 30.2 Å². The standard InChI is InChI=1S/C13H13FN6O/c1-8-6-9(14)2-3-10(8)12-16-13(21-18-12)11-7-20(5-4-15)19-17-11/h2-3,6-7H,4-5,15H2,1H3. The maximum atomic E-state index is 13.1. The first-order valence-electron chi connectivity index (χ1n) is 6.38. The number of hydrogen-bond donors (Lipinski definition) is 1. The van der Waals surface area contributed by atoms with Gasteiger partial charge in [0.05, 0.1) is 12.7 Å². The van der Waals surface area contributed by atoms with E-state index in [-0.39, 0.29) is 11.7 Å². The van der Waals surface area contributed by atoms with Gasteiger partial charge in [-0.3, -0.25) is 4.68 Å². The number of halogens is 1. The largest absolute Gasteiger partial charge is 0.332 e. The molecule has 0 unspecified atom stereocenters. The molecule has 21 heavy (non-hydrogen) atoms. The lowest BCUT2D eigenvalue weighted by Crippen LogP contribution is -2.10. The number of aromatic nitrogens is 5. The van der Waals surface area contributed by atoms with Crippen molar-refractivity contribution in [3.05, 3.63) is 35.8 Å². The predicted molar refractivity (Wildman–Crippen MR) is 72.5 cm³/mol. The molecule has 0 spiro atoms. The topological polar surface area (TPSA) is 95.7 Å². The van der Waals surface area contributed by atoms with Gasteiger partial charge >= 0.3 is 0 Å². The number of aryl methyl sites for hydroxylation is 1. The fraction of sp³-hybridized carbons (Fsp3) is 0.231. The van der Waals surface area contributed by atoms with E-state index in [1.54, 1.807) is 23.9 Å². The van der Waals surface area contributed by atoms with Crippen molar-refractivity contribution in [3.8, 4) is 23.0 Å². The normalized spacial score (nSPS) is 11.0. The van der Waals surface area contributed by atoms with E-state index < -0.39 is 0 Å². The Kier molecular flexibility index (Phi) is 3.44. The van der Waals surface area contributed by atoms with E-state index in [2.05, 4.69) is 20.5 Å². The van der Waals surface area contributed by atoms with Gasteiger partial charge in [-0.1, -0.05) is 10.4 Å². The average Bonchev–Trinajstić information content (AvgIpc) is 3.08. The summed E-state index contributed by atoms with van der Waals surface area (Å²) >= 11 is 0. The van der Waals surface area contributed by atoms with Gasteiger partial charge < -0.3 is 10.3 Å². The molecule has 0 fully saturated rings. The Labute approximate surface area is 119 Å². The lowest BCUT2D eigenvalue weighted by molar-refractivity contribution is 0.431. The van der Waals surface area contributed by atoms with Gasteiger partial charge in [0, 0.05) is 12.1 Å². The van der Waals surface area contributed by atoms with E-state index in [0.717, 1.165) is 5.56 Å². The van der Waals surface area contributed by atoms with E-state index >= 15 is 0 Å². The SMILES string of the molecule is Cc1cc(F)ccc1-c1noc(-c2cn(CCN)nn2)n1. The Morgan fingerprint density at radius 2 is 2.24 bits per heavy atom. The Morgan fingerprint density at radius 1 is 1.38 bits per heavy atom. The maximum Gasteiger partial charge on any atom is 0.280 e. The first-order chi connectivity index (χ1) is 10.2. The molecule has 3 aromatic rings. The van der Waals surface area contributed by atoms with Crippen LogP contribution in [0.1, 0.15) is 5.56 Å². The molecule has 0 amide bonds. The number of nitrogens with zero attached hydrogens (tertiary/aromatic N) is 5. The molecule has 0 saturated carbocycles. The van der Waals surface area contributed by atoms with Gasteiger partial charge in [0.2, 0.25) is 5.82 Å². The number of hydrogen-bond acceptors (Lipinski definition) is 6. The van der Waals surface area contributed by atoms with Crippen LogP contribution in [0.2, 0.25) is 0 Å². The van der Waals surface area contributed by atoms with Crippen molar-refractivity contribution in [1.82, 2.24) is 25.1 Å². The highest BCUT2D eigenvalue weighted by molar-refractivity contribution is 5.61. The monoisotopic (exact) mass is 288 g/mol. The second kappa shape index (κ2) is 5.41. The van der Waals surface area contributed by atoms with Crippen molar-refractivity contribution < 1.29 is 8.91 Å². The fourth-order valence-corrected chi connectivity index (χ4v) is 1.95. The van der Waals surface area contributed by atoms with Gasteiger partial charge in [-0.25, -0.2) is 4.39 Å². The molecular weight excluding hydrogens is 275 g/mol. The summed E-state index contributed by atoms with van der Waals surface area (Å²) in [5.41, 5.74) is 7.36. The van der Waals surface area contributed by atoms with Crippen molar-refractivity contribution in [2.45, 2.75) is 13.5 Å². The average molecular weight is 288 g/mol. The molecule has 2 N–H and O–H groups in total. The van der Waals surface area contributed by atoms with Gasteiger partial charge in [-0.2, -0.15) is 4.98 Å². The molecule has 0 radical (unpaired) electrons. The minimum Gasteiger partial charge on any atom is -0.332 e. The first kappa shape index (κ1) is 13.4. The van der Waals surface area contributed by atoms with Crippen molar-refractivity contribution in [1.29, 1.82) is 0 Å². The lowest BCUT2D eigenvalue weighted by atomic mass is 10.1. The van der Waals surface area contributed by atoms with Crippen molar-refractivity contribution in [3.63, 3.8) is 0 Å². The molecule has 2 heterocycles. The zero-order valence-corrected chi connectivity index (χ0v) is 11.3. The zero-order valence-electron chi connectivity index (χ0n) is 11.3. The van der Waals surface area contributed by atoms with Crippen LogP contribution >= 0.6 is 0 Å². The maximum absolute atomic E-state index is 13.1. The third-order valence-electron chi connectivity index (χ3n) is 2.97. The quantitative estimate of drug-likeness (QED) is 0.779. The van der Waals surface area contributed by atoms with Gasteiger partial charge in [0.15, 0.2) is 5.69 Å². The molecule has 2 aromatic heterocycles. The van der Waals surface area contributed by atoms with Crippen LogP contribution in [0, 0.1) is 12.7 Å². The third kappa shape index (κ3) is 2.65. The Balaban J connectivity index is 1.91. The molecule has 0 aliphatic carbocycles. The number of nitrogens with two attached hydrogens (primary N) is 1. The molecule has 0 atom stereocenters. The summed E-state index contributed by atoms with van der Waals surface area (Å²) in [7, 11) is 0. The Morgan fingerprint density at radius 3 is 3.00 bits per heavy atom. The zero-order chi connectivity index (χ0) is 14.8. The summed E-state index contributed by atoms with van der Waals surface area (Å²) in [5.74, 6) is 0.345. The molecular formula is C13H13FN6O. The van der Waals surface area contributed by atoms with Crippen LogP contribution in [0.15, 0.2) is 28.9 Å². The van der Waals surface area contributed by atoms with Crippen LogP contribution in [0.3, 0.4) is 0 Å². The van der Waals surface area contributed by atoms with Crippen LogP contribution < -0.4 is 5.73 Å². The smallest absolute Gasteiger partial charge is 0.280 e. The minimum atomic E-state index is -0.301. The third-order valence-corrected chi connectivity index (χ3v) is 2.97. The molecule has 7 nitrogen and oxygen atoms in total. The summed E-state index contributed by atoms with van der Waals surface area (Å²) in [6.07, 6.45) is 1.68. The number of benzene rings is 1. The molecule has 0 aliphatic rings. The van der Waals surface area contributed by atoms with Crippen LogP contribution in [-0.2, 0) is 6.54 Å². The highest BCUT2D eigenvalue weighted by Gasteiger charge is 2.15. The van der Waals surface area contributed by atoms with Crippen molar-refractivity contribution in [2.24, 2.45) is 5.73 Å². The predicted octanol–water partition coefficient (Wildman–Crippen LogP) is 1.40. The summed E-state index contributed by atoms with van der Waals surface area (Å²) in [5, 5.41) is 11.8. The van der Waals surface area contributed by atoms with Crippen LogP contribution in [0.4, 0.5) is 4.39 Å². The highest BCUT2D eigenvalue weighted by Crippen LogP contribution is 2.23. The van der Waals surface area contributed by atoms with E-state index in [1.807, 2.05) is 0 Å². The molecule has 0 saturated heterocycles. The Bertz CT molecular complexity index is 766. The lowest BCUT2D eigenvalue weighted by Gasteiger charge is -1.99. The summed E-state index contributed by atoms with van der Waals surface area (Å²) in [6.45, 7) is 2.81. The second-order valence-corrected chi connectivity index (χ2v) is 4.54. The van der Waals surface area contributed by atoms with Crippen LogP contribution in [-0.4, -0.2) is 31.7 Å². The van der Waals surface area contributed by atoms with Crippen LogP contribution in [0.5, 0.6) is 0 Å². The van der Waals surface area contributed by atoms with Gasteiger partial charge in [-0.05, 0) is 30.7 Å². The molecule has 8 heteroatoms. The summed E-state index contributed by atoms with van der Waals surface area (Å²) in [6, 6.07) is 4.39. The number of rotatable bonds is 4. The van der Waals surface area contributed by atoms with Crippen LogP contribution in [0.25, 0.3) is 23.0 Å². The van der Waals surface area contributed by atoms with Crippen molar-refractivity contribution >= 4 is 0 Å². The summed E-state index contributed by atoms with van der Waals surface area (Å²) in [4.78, 5) is 4.27. The molecule has 0 bridgehead atoms. The minimum absolute atomic E-state index is 0.261. The van der Waals surface area contributed by atoms with Gasteiger partial charge in [0.1, 0.15) is 5.82 Å². The fourth-order valence-electron chi connectivity index (χ4n) is 1.95. The molecule has 0 aliphatic heterocycles. The molecule has 108 valence electrons. The Hall–Kier alpha value is -2.61. The summed E-state index contributed by atoms with van der Waals surface area (Å²) < 4.78 is 19.9. The van der Waals surface area contributed by atoms with Gasteiger partial charge in [-0.15, -0.1) is 5.10 Å². The van der Waals surface area contributed by atoms with Gasteiger partial charge in [0.25, 0.3) is 5.89 Å². The van der Waals surface area contributed by atoms with E-state index in [4.69, 9.17) is 10.3 Å².